The molecule has 2 aromatic rings. The van der Waals surface area contributed by atoms with Gasteiger partial charge in [0.15, 0.2) is 0 Å². The van der Waals surface area contributed by atoms with Gasteiger partial charge in [-0.25, -0.2) is 4.79 Å². The summed E-state index contributed by atoms with van der Waals surface area (Å²) in [6, 6.07) is 5.24. The largest absolute Gasteiger partial charge is 0.478 e. The van der Waals surface area contributed by atoms with Crippen molar-refractivity contribution < 1.29 is 14.6 Å². The fourth-order valence-corrected chi connectivity index (χ4v) is 2.75. The average Bonchev–Trinajstić information content (AvgIpc) is 2.95. The fourth-order valence-electron chi connectivity index (χ4n) is 2.49. The predicted octanol–water partition coefficient (Wildman–Crippen LogP) is 2.79. The highest BCUT2D eigenvalue weighted by Crippen LogP contribution is 2.32. The second-order valence-corrected chi connectivity index (χ2v) is 4.83. The van der Waals surface area contributed by atoms with Crippen molar-refractivity contribution >= 4 is 23.1 Å². The van der Waals surface area contributed by atoms with Crippen LogP contribution >= 0.6 is 11.6 Å². The maximum Gasteiger partial charge on any atom is 0.337 e. The number of fused-ring (bicyclic) bond motifs is 1. The summed E-state index contributed by atoms with van der Waals surface area (Å²) in [5, 5.41) is 9.72. The molecular weight excluding hydrogens is 254 g/mol. The standard InChI is InChI=1S/C13H12ClNO3/c14-10-2-1-4-15-11(8-3-5-18-7-8)6-9(12(10)15)13(16)17/h1-2,4,6,8H,3,5,7H2,(H,16,17)/t8-/m1/s1. The van der Waals surface area contributed by atoms with Gasteiger partial charge >= 0.3 is 5.97 Å². The van der Waals surface area contributed by atoms with Gasteiger partial charge in [-0.3, -0.25) is 0 Å². The van der Waals surface area contributed by atoms with E-state index in [-0.39, 0.29) is 11.5 Å². The molecule has 0 amide bonds. The zero-order valence-corrected chi connectivity index (χ0v) is 10.4. The molecule has 0 aliphatic carbocycles. The van der Waals surface area contributed by atoms with Crippen LogP contribution < -0.4 is 0 Å². The molecule has 94 valence electrons. The summed E-state index contributed by atoms with van der Waals surface area (Å²) in [7, 11) is 0. The van der Waals surface area contributed by atoms with Gasteiger partial charge in [0.05, 0.1) is 22.7 Å². The Kier molecular flexibility index (Phi) is 2.76. The Morgan fingerprint density at radius 3 is 3.06 bits per heavy atom. The molecule has 18 heavy (non-hydrogen) atoms. The van der Waals surface area contributed by atoms with Gasteiger partial charge in [-0.2, -0.15) is 0 Å². The Morgan fingerprint density at radius 1 is 1.56 bits per heavy atom. The quantitative estimate of drug-likeness (QED) is 0.908. The predicted molar refractivity (Wildman–Crippen MR) is 67.5 cm³/mol. The highest BCUT2D eigenvalue weighted by molar-refractivity contribution is 6.34. The van der Waals surface area contributed by atoms with E-state index in [9.17, 15) is 9.90 Å². The topological polar surface area (TPSA) is 50.9 Å². The number of rotatable bonds is 2. The third-order valence-electron chi connectivity index (χ3n) is 3.35. The van der Waals surface area contributed by atoms with Gasteiger partial charge in [-0.15, -0.1) is 0 Å². The maximum absolute atomic E-state index is 11.3. The lowest BCUT2D eigenvalue weighted by atomic mass is 10.0. The number of aromatic carboxylic acids is 1. The lowest BCUT2D eigenvalue weighted by molar-refractivity contribution is 0.0699. The number of halogens is 1. The summed E-state index contributed by atoms with van der Waals surface area (Å²) in [6.45, 7) is 1.36. The Bertz CT molecular complexity index is 614. The summed E-state index contributed by atoms with van der Waals surface area (Å²) in [5.41, 5.74) is 1.78. The van der Waals surface area contributed by atoms with Crippen molar-refractivity contribution in [3.63, 3.8) is 0 Å². The zero-order valence-electron chi connectivity index (χ0n) is 9.60. The van der Waals surface area contributed by atoms with E-state index in [1.807, 2.05) is 16.7 Å². The van der Waals surface area contributed by atoms with Gasteiger partial charge in [-0.1, -0.05) is 11.6 Å². The van der Waals surface area contributed by atoms with Crippen LogP contribution in [0.25, 0.3) is 5.52 Å². The first-order valence-electron chi connectivity index (χ1n) is 5.79. The molecule has 1 atom stereocenters. The maximum atomic E-state index is 11.3. The van der Waals surface area contributed by atoms with Crippen LogP contribution in [-0.4, -0.2) is 28.7 Å². The van der Waals surface area contributed by atoms with E-state index in [0.29, 0.717) is 17.1 Å². The average molecular weight is 266 g/mol. The molecule has 1 aliphatic heterocycles. The molecule has 3 heterocycles. The number of carboxylic acids is 1. The van der Waals surface area contributed by atoms with Crippen molar-refractivity contribution in [1.29, 1.82) is 0 Å². The van der Waals surface area contributed by atoms with Gasteiger partial charge in [0, 0.05) is 24.4 Å². The van der Waals surface area contributed by atoms with Crippen molar-refractivity contribution in [3.8, 4) is 0 Å². The first kappa shape index (κ1) is 11.6. The molecule has 2 aromatic heterocycles. The number of pyridine rings is 1. The molecule has 0 spiro atoms. The lowest BCUT2D eigenvalue weighted by Gasteiger charge is -2.08. The number of ether oxygens (including phenoxy) is 1. The normalized spacial score (nSPS) is 19.5. The summed E-state index contributed by atoms with van der Waals surface area (Å²) in [5.74, 6) is -0.713. The summed E-state index contributed by atoms with van der Waals surface area (Å²) < 4.78 is 7.23. The van der Waals surface area contributed by atoms with Crippen LogP contribution in [0.4, 0.5) is 0 Å². The van der Waals surface area contributed by atoms with Crippen LogP contribution in [-0.2, 0) is 4.74 Å². The molecular formula is C13H12ClNO3. The minimum Gasteiger partial charge on any atom is -0.478 e. The molecule has 1 aliphatic rings. The molecule has 1 fully saturated rings. The van der Waals surface area contributed by atoms with Crippen molar-refractivity contribution in [2.45, 2.75) is 12.3 Å². The number of hydrogen-bond donors (Lipinski definition) is 1. The van der Waals surface area contributed by atoms with E-state index in [0.717, 1.165) is 18.7 Å². The third-order valence-corrected chi connectivity index (χ3v) is 3.65. The van der Waals surface area contributed by atoms with Crippen LogP contribution in [0, 0.1) is 0 Å². The minimum absolute atomic E-state index is 0.240. The van der Waals surface area contributed by atoms with E-state index in [1.165, 1.54) is 0 Å². The van der Waals surface area contributed by atoms with Crippen LogP contribution in [0.3, 0.4) is 0 Å². The summed E-state index contributed by atoms with van der Waals surface area (Å²) >= 11 is 6.11. The van der Waals surface area contributed by atoms with Gasteiger partial charge in [0.1, 0.15) is 0 Å². The van der Waals surface area contributed by atoms with Crippen molar-refractivity contribution in [1.82, 2.24) is 4.40 Å². The van der Waals surface area contributed by atoms with Crippen molar-refractivity contribution in [2.24, 2.45) is 0 Å². The molecule has 0 unspecified atom stereocenters. The first-order chi connectivity index (χ1) is 8.68. The Balaban J connectivity index is 2.26. The van der Waals surface area contributed by atoms with Crippen LogP contribution in [0.1, 0.15) is 28.4 Å². The Labute approximate surface area is 109 Å². The molecule has 5 heteroatoms. The van der Waals surface area contributed by atoms with Crippen molar-refractivity contribution in [2.75, 3.05) is 13.2 Å². The van der Waals surface area contributed by atoms with Gasteiger partial charge in [0.2, 0.25) is 0 Å². The lowest BCUT2D eigenvalue weighted by Crippen LogP contribution is -2.01. The van der Waals surface area contributed by atoms with E-state index < -0.39 is 5.97 Å². The molecule has 3 rings (SSSR count). The van der Waals surface area contributed by atoms with Gasteiger partial charge in [0.25, 0.3) is 0 Å². The third kappa shape index (κ3) is 1.69. The SMILES string of the molecule is O=C(O)c1cc([C@@H]2CCOC2)n2cccc(Cl)c12. The van der Waals surface area contributed by atoms with Gasteiger partial charge in [-0.05, 0) is 24.6 Å². The summed E-state index contributed by atoms with van der Waals surface area (Å²) in [4.78, 5) is 11.3. The van der Waals surface area contributed by atoms with E-state index in [4.69, 9.17) is 16.3 Å². The number of hydrogen-bond acceptors (Lipinski definition) is 2. The molecule has 0 saturated carbocycles. The highest BCUT2D eigenvalue weighted by Gasteiger charge is 2.25. The number of carbonyl (C=O) groups is 1. The fraction of sp³-hybridized carbons (Fsp3) is 0.308. The number of carboxylic acid groups (broad SMARTS) is 1. The second-order valence-electron chi connectivity index (χ2n) is 4.42. The van der Waals surface area contributed by atoms with E-state index in [1.54, 1.807) is 12.1 Å². The molecule has 0 radical (unpaired) electrons. The second kappa shape index (κ2) is 4.30. The molecule has 4 nitrogen and oxygen atoms in total. The Hall–Kier alpha value is -1.52. The molecule has 1 N–H and O–H groups in total. The van der Waals surface area contributed by atoms with Crippen molar-refractivity contribution in [3.05, 3.63) is 40.7 Å². The van der Waals surface area contributed by atoms with E-state index >= 15 is 0 Å². The first-order valence-corrected chi connectivity index (χ1v) is 6.17. The Morgan fingerprint density at radius 2 is 2.39 bits per heavy atom. The summed E-state index contributed by atoms with van der Waals surface area (Å²) in [6.07, 6.45) is 2.76. The van der Waals surface area contributed by atoms with E-state index in [2.05, 4.69) is 0 Å². The molecule has 1 saturated heterocycles. The van der Waals surface area contributed by atoms with Crippen LogP contribution in [0.5, 0.6) is 0 Å². The number of nitrogens with zero attached hydrogens (tertiary/aromatic N) is 1. The highest BCUT2D eigenvalue weighted by atomic mass is 35.5. The smallest absolute Gasteiger partial charge is 0.337 e. The molecule has 0 bridgehead atoms. The van der Waals surface area contributed by atoms with Crippen LogP contribution in [0.15, 0.2) is 24.4 Å². The molecule has 0 aromatic carbocycles. The van der Waals surface area contributed by atoms with Gasteiger partial charge < -0.3 is 14.2 Å². The number of aromatic nitrogens is 1. The van der Waals surface area contributed by atoms with Crippen LogP contribution in [0.2, 0.25) is 5.02 Å². The monoisotopic (exact) mass is 265 g/mol. The minimum atomic E-state index is -0.953. The zero-order chi connectivity index (χ0) is 12.7.